The molecule has 27 heavy (non-hydrogen) atoms. The Morgan fingerprint density at radius 2 is 2.00 bits per heavy atom. The molecule has 3 heterocycles. The number of furan rings is 1. The van der Waals surface area contributed by atoms with Crippen LogP contribution in [-0.4, -0.2) is 42.4 Å². The van der Waals surface area contributed by atoms with Crippen molar-refractivity contribution in [1.82, 2.24) is 10.2 Å². The molecule has 1 saturated carbocycles. The maximum Gasteiger partial charge on any atom is 0.234 e. The third-order valence-corrected chi connectivity index (χ3v) is 6.07. The molecule has 1 aliphatic heterocycles. The van der Waals surface area contributed by atoms with E-state index in [4.69, 9.17) is 13.9 Å². The molecule has 0 bridgehead atoms. The molecule has 0 unspecified atom stereocenters. The second-order valence-corrected chi connectivity index (χ2v) is 8.29. The summed E-state index contributed by atoms with van der Waals surface area (Å²) in [4.78, 5) is 16.0. The van der Waals surface area contributed by atoms with Crippen LogP contribution in [0.25, 0.3) is 0 Å². The van der Waals surface area contributed by atoms with E-state index < -0.39 is 0 Å². The minimum Gasteiger partial charge on any atom is -0.468 e. The van der Waals surface area contributed by atoms with Crippen molar-refractivity contribution in [2.24, 2.45) is 0 Å². The number of carbonyl (C=O) groups is 1. The first-order valence-corrected chi connectivity index (χ1v) is 10.4. The number of nitrogens with one attached hydrogen (secondary N) is 1. The monoisotopic (exact) mass is 390 g/mol. The van der Waals surface area contributed by atoms with Gasteiger partial charge in [0.05, 0.1) is 32.6 Å². The Morgan fingerprint density at radius 1 is 1.19 bits per heavy atom. The Morgan fingerprint density at radius 3 is 2.67 bits per heavy atom. The number of nitrogens with zero attached hydrogens (tertiary/aromatic N) is 1. The van der Waals surface area contributed by atoms with Crippen molar-refractivity contribution in [1.29, 1.82) is 0 Å². The minimum atomic E-state index is -0.383. The van der Waals surface area contributed by atoms with Crippen LogP contribution in [0.4, 0.5) is 0 Å². The summed E-state index contributed by atoms with van der Waals surface area (Å²) in [6.45, 7) is 3.07. The van der Waals surface area contributed by atoms with Crippen molar-refractivity contribution in [3.8, 4) is 0 Å². The first-order valence-electron chi connectivity index (χ1n) is 9.55. The predicted octanol–water partition coefficient (Wildman–Crippen LogP) is 3.15. The van der Waals surface area contributed by atoms with Crippen molar-refractivity contribution >= 4 is 17.2 Å². The first kappa shape index (κ1) is 18.7. The van der Waals surface area contributed by atoms with E-state index in [0.717, 1.165) is 38.0 Å². The third kappa shape index (κ3) is 4.99. The van der Waals surface area contributed by atoms with Gasteiger partial charge in [0, 0.05) is 30.3 Å². The Bertz CT molecular complexity index is 664. The number of rotatable bonds is 7. The summed E-state index contributed by atoms with van der Waals surface area (Å²) in [5.41, 5.74) is 0. The Kier molecular flexibility index (Phi) is 5.92. The molecule has 2 aromatic rings. The van der Waals surface area contributed by atoms with Gasteiger partial charge in [-0.2, -0.15) is 0 Å². The molecule has 7 heteroatoms. The van der Waals surface area contributed by atoms with Gasteiger partial charge in [-0.05, 0) is 36.4 Å². The largest absolute Gasteiger partial charge is 0.468 e. The van der Waals surface area contributed by atoms with E-state index in [1.807, 2.05) is 18.2 Å². The van der Waals surface area contributed by atoms with Crippen LogP contribution in [0.2, 0.25) is 0 Å². The van der Waals surface area contributed by atoms with E-state index in [-0.39, 0.29) is 17.7 Å². The Labute approximate surface area is 163 Å². The van der Waals surface area contributed by atoms with Crippen LogP contribution >= 0.6 is 11.3 Å². The average molecular weight is 391 g/mol. The zero-order valence-corrected chi connectivity index (χ0v) is 16.2. The number of ether oxygens (including phenoxy) is 2. The van der Waals surface area contributed by atoms with Gasteiger partial charge in [0.2, 0.25) is 5.91 Å². The second-order valence-electron chi connectivity index (χ2n) is 7.25. The van der Waals surface area contributed by atoms with Gasteiger partial charge < -0.3 is 19.2 Å². The quantitative estimate of drug-likeness (QED) is 0.787. The van der Waals surface area contributed by atoms with Crippen molar-refractivity contribution in [2.45, 2.75) is 50.6 Å². The lowest BCUT2D eigenvalue weighted by molar-refractivity contribution is -0.180. The van der Waals surface area contributed by atoms with Gasteiger partial charge in [-0.15, -0.1) is 11.3 Å². The van der Waals surface area contributed by atoms with E-state index >= 15 is 0 Å². The fraction of sp³-hybridized carbons (Fsp3) is 0.550. The lowest BCUT2D eigenvalue weighted by Crippen LogP contribution is -2.46. The average Bonchev–Trinajstić information content (AvgIpc) is 3.41. The molecule has 4 rings (SSSR count). The fourth-order valence-electron chi connectivity index (χ4n) is 3.88. The number of amides is 1. The van der Waals surface area contributed by atoms with Crippen molar-refractivity contribution in [3.63, 3.8) is 0 Å². The van der Waals surface area contributed by atoms with Crippen LogP contribution in [-0.2, 0) is 27.4 Å². The summed E-state index contributed by atoms with van der Waals surface area (Å²) in [5, 5.41) is 5.26. The Balaban J connectivity index is 1.29. The minimum absolute atomic E-state index is 0.0623. The highest BCUT2D eigenvalue weighted by molar-refractivity contribution is 7.09. The van der Waals surface area contributed by atoms with Crippen molar-refractivity contribution < 1.29 is 18.7 Å². The SMILES string of the molecule is O=C(CN(Cc1ccco1)Cc1cccs1)NC1CCC2(CC1)OCCO2. The van der Waals surface area contributed by atoms with E-state index in [1.165, 1.54) is 4.88 Å². The summed E-state index contributed by atoms with van der Waals surface area (Å²) >= 11 is 1.71. The molecule has 0 radical (unpaired) electrons. The molecule has 1 amide bonds. The zero-order chi connectivity index (χ0) is 18.5. The van der Waals surface area contributed by atoms with Gasteiger partial charge in [-0.25, -0.2) is 0 Å². The molecule has 0 atom stereocenters. The van der Waals surface area contributed by atoms with Crippen molar-refractivity contribution in [2.75, 3.05) is 19.8 Å². The third-order valence-electron chi connectivity index (χ3n) is 5.21. The molecule has 2 fully saturated rings. The molecule has 1 saturated heterocycles. The van der Waals surface area contributed by atoms with E-state index in [0.29, 0.717) is 26.3 Å². The summed E-state index contributed by atoms with van der Waals surface area (Å²) in [5.74, 6) is 0.549. The highest BCUT2D eigenvalue weighted by Gasteiger charge is 2.40. The lowest BCUT2D eigenvalue weighted by atomic mass is 9.90. The topological polar surface area (TPSA) is 63.9 Å². The molecule has 2 aliphatic rings. The normalized spacial score (nSPS) is 19.7. The summed E-state index contributed by atoms with van der Waals surface area (Å²) in [6.07, 6.45) is 5.17. The number of hydrogen-bond acceptors (Lipinski definition) is 6. The van der Waals surface area contributed by atoms with Gasteiger partial charge in [0.1, 0.15) is 5.76 Å². The molecule has 146 valence electrons. The van der Waals surface area contributed by atoms with Gasteiger partial charge in [-0.1, -0.05) is 6.07 Å². The molecule has 1 spiro atoms. The van der Waals surface area contributed by atoms with Crippen LogP contribution in [0.3, 0.4) is 0 Å². The van der Waals surface area contributed by atoms with Crippen LogP contribution in [0.1, 0.15) is 36.3 Å². The highest BCUT2D eigenvalue weighted by Crippen LogP contribution is 2.35. The van der Waals surface area contributed by atoms with Gasteiger partial charge in [-0.3, -0.25) is 9.69 Å². The Hall–Kier alpha value is -1.67. The zero-order valence-electron chi connectivity index (χ0n) is 15.4. The summed E-state index contributed by atoms with van der Waals surface area (Å²) < 4.78 is 17.0. The van der Waals surface area contributed by atoms with E-state index in [9.17, 15) is 4.79 Å². The number of hydrogen-bond donors (Lipinski definition) is 1. The maximum absolute atomic E-state index is 12.6. The molecular formula is C20H26N2O4S. The van der Waals surface area contributed by atoms with Crippen LogP contribution in [0.15, 0.2) is 40.3 Å². The van der Waals surface area contributed by atoms with Crippen molar-refractivity contribution in [3.05, 3.63) is 46.5 Å². The molecule has 1 N–H and O–H groups in total. The second kappa shape index (κ2) is 8.56. The highest BCUT2D eigenvalue weighted by atomic mass is 32.1. The first-order chi connectivity index (χ1) is 13.2. The smallest absolute Gasteiger partial charge is 0.234 e. The molecule has 2 aromatic heterocycles. The van der Waals surface area contributed by atoms with Gasteiger partial charge in [0.25, 0.3) is 0 Å². The predicted molar refractivity (Wildman–Crippen MR) is 102 cm³/mol. The standard InChI is InChI=1S/C20H26N2O4S/c23-19(21-16-5-7-20(8-6-16)25-10-11-26-20)15-22(13-17-3-1-9-24-17)14-18-4-2-12-27-18/h1-4,9,12,16H,5-8,10-11,13-15H2,(H,21,23). The summed E-state index contributed by atoms with van der Waals surface area (Å²) in [6, 6.07) is 8.16. The summed E-state index contributed by atoms with van der Waals surface area (Å²) in [7, 11) is 0. The van der Waals surface area contributed by atoms with Crippen LogP contribution < -0.4 is 5.32 Å². The lowest BCUT2D eigenvalue weighted by Gasteiger charge is -2.35. The van der Waals surface area contributed by atoms with Crippen LogP contribution in [0.5, 0.6) is 0 Å². The molecule has 0 aromatic carbocycles. The number of thiophene rings is 1. The molecule has 1 aliphatic carbocycles. The van der Waals surface area contributed by atoms with E-state index in [2.05, 4.69) is 21.7 Å². The molecular weight excluding hydrogens is 364 g/mol. The molecule has 6 nitrogen and oxygen atoms in total. The van der Waals surface area contributed by atoms with Crippen LogP contribution in [0, 0.1) is 0 Å². The van der Waals surface area contributed by atoms with E-state index in [1.54, 1.807) is 17.6 Å². The maximum atomic E-state index is 12.6. The van der Waals surface area contributed by atoms with Gasteiger partial charge >= 0.3 is 0 Å². The van der Waals surface area contributed by atoms with Gasteiger partial charge in [0.15, 0.2) is 5.79 Å². The fourth-order valence-corrected chi connectivity index (χ4v) is 4.62. The number of carbonyl (C=O) groups excluding carboxylic acids is 1.